The van der Waals surface area contributed by atoms with E-state index < -0.39 is 17.0 Å². The SMILES string of the molecule is Cn1c(=O)c(C(=O)C[NH+](C)CCOc2ccccc2)c(N)n(Cc2ccccc2)c1=O. The van der Waals surface area contributed by atoms with E-state index in [-0.39, 0.29) is 24.5 Å². The Morgan fingerprint density at radius 3 is 2.29 bits per heavy atom. The number of para-hydroxylation sites is 1. The van der Waals surface area contributed by atoms with Gasteiger partial charge in [-0.05, 0) is 17.7 Å². The summed E-state index contributed by atoms with van der Waals surface area (Å²) < 4.78 is 7.86. The highest BCUT2D eigenvalue weighted by molar-refractivity contribution is 6.00. The summed E-state index contributed by atoms with van der Waals surface area (Å²) in [6.45, 7) is 1.21. The molecule has 3 rings (SSSR count). The zero-order valence-corrected chi connectivity index (χ0v) is 17.7. The molecule has 1 unspecified atom stereocenters. The number of quaternary nitrogens is 1. The number of nitrogens with zero attached hydrogens (tertiary/aromatic N) is 2. The first kappa shape index (κ1) is 22.0. The van der Waals surface area contributed by atoms with Gasteiger partial charge in [0.2, 0.25) is 5.78 Å². The minimum Gasteiger partial charge on any atom is -0.488 e. The maximum Gasteiger partial charge on any atom is 0.332 e. The second-order valence-electron chi connectivity index (χ2n) is 7.45. The van der Waals surface area contributed by atoms with Crippen LogP contribution >= 0.6 is 0 Å². The molecular weight excluding hydrogens is 396 g/mol. The van der Waals surface area contributed by atoms with Gasteiger partial charge in [-0.25, -0.2) is 4.79 Å². The number of nitrogens with one attached hydrogen (secondary N) is 1. The lowest BCUT2D eigenvalue weighted by Gasteiger charge is -2.17. The average molecular weight is 423 g/mol. The van der Waals surface area contributed by atoms with E-state index in [4.69, 9.17) is 10.5 Å². The Labute approximate surface area is 180 Å². The molecule has 0 radical (unpaired) electrons. The largest absolute Gasteiger partial charge is 0.488 e. The van der Waals surface area contributed by atoms with Crippen LogP contribution in [0.4, 0.5) is 5.82 Å². The summed E-state index contributed by atoms with van der Waals surface area (Å²) >= 11 is 0. The maximum atomic E-state index is 12.9. The summed E-state index contributed by atoms with van der Waals surface area (Å²) in [7, 11) is 3.19. The van der Waals surface area contributed by atoms with Crippen LogP contribution in [0, 0.1) is 0 Å². The van der Waals surface area contributed by atoms with Gasteiger partial charge < -0.3 is 15.4 Å². The van der Waals surface area contributed by atoms with Gasteiger partial charge in [-0.15, -0.1) is 0 Å². The van der Waals surface area contributed by atoms with Gasteiger partial charge in [0, 0.05) is 7.05 Å². The van der Waals surface area contributed by atoms with E-state index in [0.29, 0.717) is 13.2 Å². The molecule has 1 atom stereocenters. The lowest BCUT2D eigenvalue weighted by atomic mass is 10.1. The minimum atomic E-state index is -0.676. The van der Waals surface area contributed by atoms with Crippen LogP contribution in [-0.4, -0.2) is 41.7 Å². The third-order valence-corrected chi connectivity index (χ3v) is 5.05. The fourth-order valence-corrected chi connectivity index (χ4v) is 3.27. The van der Waals surface area contributed by atoms with Gasteiger partial charge in [-0.1, -0.05) is 48.5 Å². The lowest BCUT2D eigenvalue weighted by molar-refractivity contribution is -0.870. The van der Waals surface area contributed by atoms with E-state index in [9.17, 15) is 14.4 Å². The second-order valence-corrected chi connectivity index (χ2v) is 7.45. The molecule has 162 valence electrons. The molecule has 1 heterocycles. The highest BCUT2D eigenvalue weighted by Crippen LogP contribution is 2.09. The van der Waals surface area contributed by atoms with Crippen molar-refractivity contribution < 1.29 is 14.4 Å². The molecule has 3 N–H and O–H groups in total. The fraction of sp³-hybridized carbons (Fsp3) is 0.261. The molecule has 3 aromatic rings. The number of nitrogens with two attached hydrogens (primary N) is 1. The van der Waals surface area contributed by atoms with Crippen LogP contribution in [0.25, 0.3) is 0 Å². The average Bonchev–Trinajstić information content (AvgIpc) is 2.77. The Hall–Kier alpha value is -3.65. The first-order chi connectivity index (χ1) is 14.9. The molecule has 0 bridgehead atoms. The quantitative estimate of drug-likeness (QED) is 0.470. The first-order valence-electron chi connectivity index (χ1n) is 10.0. The van der Waals surface area contributed by atoms with Crippen molar-refractivity contribution >= 4 is 11.6 Å². The van der Waals surface area contributed by atoms with Crippen LogP contribution < -0.4 is 26.6 Å². The summed E-state index contributed by atoms with van der Waals surface area (Å²) in [6, 6.07) is 18.7. The van der Waals surface area contributed by atoms with E-state index in [0.717, 1.165) is 20.8 Å². The van der Waals surface area contributed by atoms with Gasteiger partial charge in [0.1, 0.15) is 36.8 Å². The first-order valence-corrected chi connectivity index (χ1v) is 10.0. The fourth-order valence-electron chi connectivity index (χ4n) is 3.27. The van der Waals surface area contributed by atoms with Crippen LogP contribution in [-0.2, 0) is 13.6 Å². The van der Waals surface area contributed by atoms with Gasteiger partial charge in [-0.2, -0.15) is 0 Å². The van der Waals surface area contributed by atoms with Crippen LogP contribution in [0.3, 0.4) is 0 Å². The molecule has 2 aromatic carbocycles. The van der Waals surface area contributed by atoms with Gasteiger partial charge in [-0.3, -0.25) is 18.7 Å². The van der Waals surface area contributed by atoms with Crippen LogP contribution in [0.1, 0.15) is 15.9 Å². The second kappa shape index (κ2) is 9.90. The van der Waals surface area contributed by atoms with Crippen molar-refractivity contribution in [2.75, 3.05) is 32.5 Å². The summed E-state index contributed by atoms with van der Waals surface area (Å²) in [6.07, 6.45) is 0. The minimum absolute atomic E-state index is 0.0567. The van der Waals surface area contributed by atoms with Gasteiger partial charge in [0.15, 0.2) is 0 Å². The standard InChI is InChI=1S/C23H26N4O4/c1-25(13-14-31-18-11-7-4-8-12-18)16-19(28)20-21(24)27(23(30)26(2)22(20)29)15-17-9-5-3-6-10-17/h3-12H,13-16,24H2,1-2H3/p+1. The van der Waals surface area contributed by atoms with E-state index in [1.54, 1.807) is 0 Å². The number of rotatable bonds is 9. The zero-order chi connectivity index (χ0) is 22.4. The van der Waals surface area contributed by atoms with Gasteiger partial charge in [0.25, 0.3) is 5.56 Å². The number of hydrogen-bond donors (Lipinski definition) is 2. The van der Waals surface area contributed by atoms with Crippen molar-refractivity contribution in [1.29, 1.82) is 0 Å². The number of carbonyl (C=O) groups excluding carboxylic acids is 1. The maximum absolute atomic E-state index is 12.9. The van der Waals surface area contributed by atoms with E-state index in [1.165, 1.54) is 11.6 Å². The smallest absolute Gasteiger partial charge is 0.332 e. The summed E-state index contributed by atoms with van der Waals surface area (Å²) in [5.74, 6) is 0.250. The molecule has 0 spiro atoms. The Bertz CT molecular complexity index is 1150. The number of ether oxygens (including phenoxy) is 1. The third-order valence-electron chi connectivity index (χ3n) is 5.05. The Balaban J connectivity index is 1.75. The van der Waals surface area contributed by atoms with E-state index >= 15 is 0 Å². The Morgan fingerprint density at radius 2 is 1.65 bits per heavy atom. The molecule has 8 nitrogen and oxygen atoms in total. The van der Waals surface area contributed by atoms with E-state index in [1.807, 2.05) is 67.7 Å². The summed E-state index contributed by atoms with van der Waals surface area (Å²) in [5.41, 5.74) is 5.61. The molecule has 1 aromatic heterocycles. The topological polar surface area (TPSA) is 101 Å². The molecule has 0 fully saturated rings. The normalized spacial score (nSPS) is 11.8. The molecule has 0 aliphatic carbocycles. The Kier molecular flexibility index (Phi) is 7.04. The molecular formula is C23H27N4O4+. The molecule has 0 saturated carbocycles. The number of anilines is 1. The predicted octanol–water partition coefficient (Wildman–Crippen LogP) is -0.0461. The Morgan fingerprint density at radius 1 is 1.03 bits per heavy atom. The number of Topliss-reactive ketones (excluding diaryl/α,β-unsaturated/α-hetero) is 1. The van der Waals surface area contributed by atoms with Crippen molar-refractivity contribution in [3.63, 3.8) is 0 Å². The number of aromatic nitrogens is 2. The van der Waals surface area contributed by atoms with E-state index in [2.05, 4.69) is 0 Å². The number of nitrogen functional groups attached to an aromatic ring is 1. The van der Waals surface area contributed by atoms with Crippen molar-refractivity contribution in [1.82, 2.24) is 9.13 Å². The molecule has 0 aliphatic heterocycles. The highest BCUT2D eigenvalue weighted by Gasteiger charge is 2.24. The third kappa shape index (κ3) is 5.29. The summed E-state index contributed by atoms with van der Waals surface area (Å²) in [4.78, 5) is 39.0. The van der Waals surface area contributed by atoms with Crippen LogP contribution in [0.15, 0.2) is 70.3 Å². The van der Waals surface area contributed by atoms with Crippen LogP contribution in [0.2, 0.25) is 0 Å². The molecule has 31 heavy (non-hydrogen) atoms. The lowest BCUT2D eigenvalue weighted by Crippen LogP contribution is -3.10. The zero-order valence-electron chi connectivity index (χ0n) is 17.7. The van der Waals surface area contributed by atoms with Crippen molar-refractivity contribution in [2.24, 2.45) is 7.05 Å². The van der Waals surface area contributed by atoms with Crippen molar-refractivity contribution in [3.05, 3.63) is 92.6 Å². The van der Waals surface area contributed by atoms with Gasteiger partial charge in [0.05, 0.1) is 13.6 Å². The number of hydrogen-bond acceptors (Lipinski definition) is 5. The molecule has 0 aliphatic rings. The number of carbonyl (C=O) groups is 1. The van der Waals surface area contributed by atoms with Crippen LogP contribution in [0.5, 0.6) is 5.75 Å². The summed E-state index contributed by atoms with van der Waals surface area (Å²) in [5, 5.41) is 0. The number of likely N-dealkylation sites (N-methyl/N-ethyl adjacent to an activating group) is 1. The molecule has 8 heteroatoms. The van der Waals surface area contributed by atoms with Crippen molar-refractivity contribution in [2.45, 2.75) is 6.54 Å². The highest BCUT2D eigenvalue weighted by atomic mass is 16.5. The number of ketones is 1. The molecule has 0 saturated heterocycles. The monoisotopic (exact) mass is 423 g/mol. The number of benzene rings is 2. The molecule has 0 amide bonds. The predicted molar refractivity (Wildman–Crippen MR) is 119 cm³/mol. The van der Waals surface area contributed by atoms with Gasteiger partial charge >= 0.3 is 5.69 Å². The van der Waals surface area contributed by atoms with Crippen molar-refractivity contribution in [3.8, 4) is 5.75 Å².